The Morgan fingerprint density at radius 3 is 2.62 bits per heavy atom. The lowest BCUT2D eigenvalue weighted by atomic mass is 9.90. The van der Waals surface area contributed by atoms with Crippen LogP contribution in [-0.4, -0.2) is 43.4 Å². The number of amides is 3. The highest BCUT2D eigenvalue weighted by Gasteiger charge is 2.30. The number of benzene rings is 3. The molecule has 3 amide bonds. The Labute approximate surface area is 297 Å². The van der Waals surface area contributed by atoms with Crippen molar-refractivity contribution in [1.29, 1.82) is 0 Å². The van der Waals surface area contributed by atoms with Crippen LogP contribution in [0.4, 0.5) is 0 Å². The molecule has 1 saturated heterocycles. The first kappa shape index (κ1) is 32.4. The number of fused-ring (bicyclic) bond motifs is 3. The maximum atomic E-state index is 13.1. The average Bonchev–Trinajstić information content (AvgIpc) is 3.66. The number of pyridine rings is 2. The summed E-state index contributed by atoms with van der Waals surface area (Å²) >= 11 is 0. The lowest BCUT2D eigenvalue weighted by Gasteiger charge is -2.19. The molecule has 256 valence electrons. The monoisotopic (exact) mass is 688 g/mol. The molecule has 4 aromatic heterocycles. The Hall–Kier alpha value is -6.80. The third-order valence-electron chi connectivity index (χ3n) is 9.72. The SMILES string of the molecule is Cc1cc(-c2cc3cccc(-c4ccc5c(c4)n(C)c(=O)n5C)c3cn2)cnc1C(=O)NCC#Cc1ccc2occ(C3CCC(=O)NC3=O)c2c1. The Morgan fingerprint density at radius 1 is 0.942 bits per heavy atom. The van der Waals surface area contributed by atoms with E-state index in [9.17, 15) is 19.2 Å². The van der Waals surface area contributed by atoms with Crippen molar-refractivity contribution in [2.75, 3.05) is 6.54 Å². The number of furan rings is 1. The largest absolute Gasteiger partial charge is 0.464 e. The zero-order valence-corrected chi connectivity index (χ0v) is 28.6. The van der Waals surface area contributed by atoms with Crippen LogP contribution in [0.5, 0.6) is 0 Å². The molecule has 2 N–H and O–H groups in total. The second-order valence-corrected chi connectivity index (χ2v) is 13.0. The van der Waals surface area contributed by atoms with Gasteiger partial charge in [0.25, 0.3) is 5.91 Å². The molecule has 8 rings (SSSR count). The molecule has 1 aliphatic rings. The smallest absolute Gasteiger partial charge is 0.328 e. The van der Waals surface area contributed by atoms with Crippen LogP contribution >= 0.6 is 0 Å². The molecular formula is C41H32N6O5. The van der Waals surface area contributed by atoms with Crippen molar-refractivity contribution >= 4 is 50.5 Å². The van der Waals surface area contributed by atoms with E-state index >= 15 is 0 Å². The predicted octanol–water partition coefficient (Wildman–Crippen LogP) is 5.51. The first-order valence-electron chi connectivity index (χ1n) is 16.8. The summed E-state index contributed by atoms with van der Waals surface area (Å²) in [6.07, 6.45) is 5.76. The molecule has 0 radical (unpaired) electrons. The van der Waals surface area contributed by atoms with E-state index in [1.165, 1.54) is 0 Å². The van der Waals surface area contributed by atoms with Gasteiger partial charge in [0.05, 0.1) is 35.5 Å². The van der Waals surface area contributed by atoms with Crippen molar-refractivity contribution in [2.24, 2.45) is 14.1 Å². The summed E-state index contributed by atoms with van der Waals surface area (Å²) in [6, 6.07) is 21.5. The maximum Gasteiger partial charge on any atom is 0.328 e. The molecular weight excluding hydrogens is 656 g/mol. The van der Waals surface area contributed by atoms with Crippen molar-refractivity contribution in [1.82, 2.24) is 29.7 Å². The molecule has 11 heteroatoms. The minimum atomic E-state index is -0.464. The molecule has 7 aromatic rings. The van der Waals surface area contributed by atoms with Crippen LogP contribution in [0.1, 0.15) is 45.9 Å². The van der Waals surface area contributed by atoms with E-state index in [2.05, 4.69) is 27.5 Å². The first-order chi connectivity index (χ1) is 25.2. The predicted molar refractivity (Wildman–Crippen MR) is 197 cm³/mol. The number of aryl methyl sites for hydroxylation is 3. The number of nitrogens with one attached hydrogen (secondary N) is 2. The molecule has 5 heterocycles. The van der Waals surface area contributed by atoms with Gasteiger partial charge in [-0.15, -0.1) is 0 Å². The number of rotatable bonds is 5. The quantitative estimate of drug-likeness (QED) is 0.180. The molecule has 0 saturated carbocycles. The fourth-order valence-electron chi connectivity index (χ4n) is 6.95. The van der Waals surface area contributed by atoms with Gasteiger partial charge in [-0.2, -0.15) is 0 Å². The number of carbonyl (C=O) groups excluding carboxylic acids is 3. The van der Waals surface area contributed by atoms with Crippen molar-refractivity contribution in [3.8, 4) is 34.2 Å². The van der Waals surface area contributed by atoms with Crippen LogP contribution in [0.2, 0.25) is 0 Å². The van der Waals surface area contributed by atoms with E-state index in [0.717, 1.165) is 55.1 Å². The lowest BCUT2D eigenvalue weighted by Crippen LogP contribution is -2.39. The first-order valence-corrected chi connectivity index (χ1v) is 16.8. The van der Waals surface area contributed by atoms with Gasteiger partial charge in [0.1, 0.15) is 11.3 Å². The zero-order valence-electron chi connectivity index (χ0n) is 28.6. The molecule has 1 aliphatic heterocycles. The minimum absolute atomic E-state index is 0.0677. The summed E-state index contributed by atoms with van der Waals surface area (Å²) in [4.78, 5) is 58.8. The molecule has 0 spiro atoms. The molecule has 0 bridgehead atoms. The van der Waals surface area contributed by atoms with Gasteiger partial charge in [0.2, 0.25) is 11.8 Å². The van der Waals surface area contributed by atoms with Gasteiger partial charge < -0.3 is 9.73 Å². The third-order valence-corrected chi connectivity index (χ3v) is 9.72. The second kappa shape index (κ2) is 12.8. The lowest BCUT2D eigenvalue weighted by molar-refractivity contribution is -0.134. The fraction of sp³-hybridized carbons (Fsp3) is 0.171. The molecule has 52 heavy (non-hydrogen) atoms. The Morgan fingerprint density at radius 2 is 1.79 bits per heavy atom. The van der Waals surface area contributed by atoms with Crippen LogP contribution in [-0.2, 0) is 23.7 Å². The van der Waals surface area contributed by atoms with Crippen LogP contribution in [0.25, 0.3) is 55.2 Å². The van der Waals surface area contributed by atoms with Gasteiger partial charge >= 0.3 is 5.69 Å². The molecule has 3 aromatic carbocycles. The number of imide groups is 1. The van der Waals surface area contributed by atoms with Gasteiger partial charge in [0, 0.05) is 60.4 Å². The summed E-state index contributed by atoms with van der Waals surface area (Å²) in [5, 5.41) is 7.97. The fourth-order valence-corrected chi connectivity index (χ4v) is 6.95. The van der Waals surface area contributed by atoms with E-state index in [1.807, 2.05) is 73.8 Å². The van der Waals surface area contributed by atoms with Gasteiger partial charge in [-0.05, 0) is 77.9 Å². The van der Waals surface area contributed by atoms with Crippen molar-refractivity contribution in [3.05, 3.63) is 118 Å². The van der Waals surface area contributed by atoms with Gasteiger partial charge in [0.15, 0.2) is 0 Å². The van der Waals surface area contributed by atoms with E-state index in [-0.39, 0.29) is 36.4 Å². The Kier molecular flexibility index (Phi) is 7.99. The van der Waals surface area contributed by atoms with Gasteiger partial charge in [-0.1, -0.05) is 36.1 Å². The zero-order chi connectivity index (χ0) is 36.1. The molecule has 1 unspecified atom stereocenters. The van der Waals surface area contributed by atoms with Crippen molar-refractivity contribution in [2.45, 2.75) is 25.7 Å². The van der Waals surface area contributed by atoms with Gasteiger partial charge in [-0.25, -0.2) is 4.79 Å². The number of aromatic nitrogens is 4. The van der Waals surface area contributed by atoms with Crippen LogP contribution in [0, 0.1) is 18.8 Å². The summed E-state index contributed by atoms with van der Waals surface area (Å²) in [5.74, 6) is 4.65. The van der Waals surface area contributed by atoms with Crippen molar-refractivity contribution in [3.63, 3.8) is 0 Å². The summed E-state index contributed by atoms with van der Waals surface area (Å²) in [7, 11) is 3.55. The number of hydrogen-bond donors (Lipinski definition) is 2. The number of nitrogens with zero attached hydrogens (tertiary/aromatic N) is 4. The van der Waals surface area contributed by atoms with Crippen molar-refractivity contribution < 1.29 is 18.8 Å². The second-order valence-electron chi connectivity index (χ2n) is 13.0. The number of carbonyl (C=O) groups is 3. The van der Waals surface area contributed by atoms with E-state index in [0.29, 0.717) is 28.8 Å². The summed E-state index contributed by atoms with van der Waals surface area (Å²) in [5.41, 5.74) is 8.24. The number of imidazole rings is 1. The number of hydrogen-bond acceptors (Lipinski definition) is 7. The highest BCUT2D eigenvalue weighted by Crippen LogP contribution is 2.34. The molecule has 11 nitrogen and oxygen atoms in total. The number of piperidine rings is 1. The van der Waals surface area contributed by atoms with Gasteiger partial charge in [-0.3, -0.25) is 38.8 Å². The topological polar surface area (TPSA) is 141 Å². The van der Waals surface area contributed by atoms with E-state index < -0.39 is 5.92 Å². The summed E-state index contributed by atoms with van der Waals surface area (Å²) in [6.45, 7) is 1.94. The molecule has 1 fully saturated rings. The summed E-state index contributed by atoms with van der Waals surface area (Å²) < 4.78 is 8.95. The maximum absolute atomic E-state index is 13.1. The van der Waals surface area contributed by atoms with Crippen LogP contribution in [0.3, 0.4) is 0 Å². The van der Waals surface area contributed by atoms with Crippen LogP contribution < -0.4 is 16.3 Å². The molecule has 0 aliphatic carbocycles. The van der Waals surface area contributed by atoms with E-state index in [4.69, 9.17) is 9.40 Å². The molecule has 1 atom stereocenters. The highest BCUT2D eigenvalue weighted by atomic mass is 16.3. The Balaban J connectivity index is 0.967. The third kappa shape index (κ3) is 5.70. The average molecular weight is 689 g/mol. The minimum Gasteiger partial charge on any atom is -0.464 e. The Bertz CT molecular complexity index is 2760. The standard InChI is InChI=1S/C41H32N6O5/c1-23-16-27(33-18-25-7-4-8-28(31(25)21-43-33)26-10-12-34-35(19-26)47(3)41(51)46(34)2)20-44-38(23)40(50)42-15-5-6-24-9-13-36-30(17-24)32(22-52-36)29-11-14-37(48)45-39(29)49/h4,7-10,12-13,16-22,29H,11,14-15H2,1-3H3,(H,42,50)(H,45,48,49). The van der Waals surface area contributed by atoms with Crippen LogP contribution in [0.15, 0.2) is 94.6 Å². The highest BCUT2D eigenvalue weighted by molar-refractivity contribution is 6.03. The normalized spacial score (nSPS) is 14.4. The van der Waals surface area contributed by atoms with E-state index in [1.54, 1.807) is 41.8 Å².